The quantitative estimate of drug-likeness (QED) is 0.918. The third-order valence-corrected chi connectivity index (χ3v) is 4.39. The van der Waals surface area contributed by atoms with E-state index >= 15 is 0 Å². The van der Waals surface area contributed by atoms with E-state index in [1.54, 1.807) is 22.6 Å². The molecule has 1 saturated heterocycles. The Labute approximate surface area is 132 Å². The van der Waals surface area contributed by atoms with Crippen molar-refractivity contribution in [2.75, 3.05) is 26.2 Å². The molecule has 0 unspecified atom stereocenters. The third-order valence-electron chi connectivity index (χ3n) is 3.66. The van der Waals surface area contributed by atoms with Gasteiger partial charge in [0.25, 0.3) is 0 Å². The fourth-order valence-corrected chi connectivity index (χ4v) is 3.14. The van der Waals surface area contributed by atoms with E-state index in [0.29, 0.717) is 26.2 Å². The van der Waals surface area contributed by atoms with Crippen LogP contribution >= 0.6 is 11.3 Å². The molecule has 7 nitrogen and oxygen atoms in total. The smallest absolute Gasteiger partial charge is 0.317 e. The highest BCUT2D eigenvalue weighted by molar-refractivity contribution is 7.07. The van der Waals surface area contributed by atoms with Crippen molar-refractivity contribution in [3.05, 3.63) is 34.5 Å². The Kier molecular flexibility index (Phi) is 4.69. The van der Waals surface area contributed by atoms with Crippen LogP contribution in [0.15, 0.2) is 23.2 Å². The number of urea groups is 1. The second-order valence-electron chi connectivity index (χ2n) is 5.22. The summed E-state index contributed by atoms with van der Waals surface area (Å²) in [5, 5.41) is 15.0. The number of nitrogens with zero attached hydrogens (tertiary/aromatic N) is 4. The highest BCUT2D eigenvalue weighted by Crippen LogP contribution is 2.19. The predicted molar refractivity (Wildman–Crippen MR) is 82.7 cm³/mol. The molecule has 3 heterocycles. The molecule has 2 aromatic heterocycles. The van der Waals surface area contributed by atoms with Gasteiger partial charge in [-0.25, -0.2) is 4.79 Å². The number of rotatable bonds is 4. The minimum Gasteiger partial charge on any atom is -0.366 e. The van der Waals surface area contributed by atoms with Crippen molar-refractivity contribution in [3.8, 4) is 0 Å². The van der Waals surface area contributed by atoms with E-state index in [2.05, 4.69) is 27.0 Å². The van der Waals surface area contributed by atoms with Crippen molar-refractivity contribution in [2.45, 2.75) is 12.5 Å². The molecule has 0 aliphatic carbocycles. The fourth-order valence-electron chi connectivity index (χ4n) is 2.43. The molecule has 1 atom stereocenters. The Morgan fingerprint density at radius 1 is 1.59 bits per heavy atom. The van der Waals surface area contributed by atoms with Crippen LogP contribution in [0, 0.1) is 0 Å². The van der Waals surface area contributed by atoms with Gasteiger partial charge in [0.05, 0.1) is 13.2 Å². The third kappa shape index (κ3) is 3.45. The first-order valence-corrected chi connectivity index (χ1v) is 8.17. The number of carbonyl (C=O) groups excluding carboxylic acids is 1. The molecule has 0 saturated carbocycles. The molecule has 0 bridgehead atoms. The zero-order chi connectivity index (χ0) is 15.4. The van der Waals surface area contributed by atoms with Crippen molar-refractivity contribution in [2.24, 2.45) is 7.05 Å². The lowest BCUT2D eigenvalue weighted by Gasteiger charge is -2.32. The topological polar surface area (TPSA) is 72.3 Å². The van der Waals surface area contributed by atoms with Crippen molar-refractivity contribution in [1.82, 2.24) is 25.0 Å². The van der Waals surface area contributed by atoms with E-state index in [9.17, 15) is 4.79 Å². The monoisotopic (exact) mass is 321 g/mol. The van der Waals surface area contributed by atoms with Crippen molar-refractivity contribution in [1.29, 1.82) is 0 Å². The molecule has 2 amide bonds. The zero-order valence-electron chi connectivity index (χ0n) is 12.4. The Morgan fingerprint density at radius 3 is 3.23 bits per heavy atom. The molecule has 1 fully saturated rings. The lowest BCUT2D eigenvalue weighted by atomic mass is 10.2. The van der Waals surface area contributed by atoms with Gasteiger partial charge >= 0.3 is 6.03 Å². The summed E-state index contributed by atoms with van der Waals surface area (Å²) < 4.78 is 7.53. The van der Waals surface area contributed by atoms with Crippen LogP contribution in [-0.2, 0) is 18.2 Å². The number of amides is 2. The Hall–Kier alpha value is -1.93. The van der Waals surface area contributed by atoms with Gasteiger partial charge in [-0.15, -0.1) is 10.2 Å². The highest BCUT2D eigenvalue weighted by Gasteiger charge is 2.28. The van der Waals surface area contributed by atoms with Crippen LogP contribution in [0.5, 0.6) is 0 Å². The first-order chi connectivity index (χ1) is 10.7. The lowest BCUT2D eigenvalue weighted by molar-refractivity contribution is -0.0214. The molecular weight excluding hydrogens is 302 g/mol. The molecule has 22 heavy (non-hydrogen) atoms. The van der Waals surface area contributed by atoms with Crippen LogP contribution in [-0.4, -0.2) is 51.9 Å². The van der Waals surface area contributed by atoms with Crippen LogP contribution in [0.2, 0.25) is 0 Å². The normalized spacial score (nSPS) is 18.4. The molecule has 0 aromatic carbocycles. The van der Waals surface area contributed by atoms with Crippen LogP contribution in [0.4, 0.5) is 4.79 Å². The van der Waals surface area contributed by atoms with Gasteiger partial charge in [0.2, 0.25) is 0 Å². The number of hydrogen-bond donors (Lipinski definition) is 1. The summed E-state index contributed by atoms with van der Waals surface area (Å²) >= 11 is 1.67. The summed E-state index contributed by atoms with van der Waals surface area (Å²) in [6.07, 6.45) is 2.27. The number of hydrogen-bond acceptors (Lipinski definition) is 5. The SMILES string of the molecule is Cn1cnnc1[C@H]1CN(C(=O)NCCc2ccsc2)CCO1. The number of nitrogens with one attached hydrogen (secondary N) is 1. The lowest BCUT2D eigenvalue weighted by Crippen LogP contribution is -2.47. The first kappa shape index (κ1) is 15.0. The average Bonchev–Trinajstić information content (AvgIpc) is 3.19. The van der Waals surface area contributed by atoms with Gasteiger partial charge in [0.15, 0.2) is 5.82 Å². The van der Waals surface area contributed by atoms with Crippen molar-refractivity contribution < 1.29 is 9.53 Å². The Bertz CT molecular complexity index is 613. The van der Waals surface area contributed by atoms with E-state index in [-0.39, 0.29) is 12.1 Å². The van der Waals surface area contributed by atoms with Gasteiger partial charge in [0, 0.05) is 20.1 Å². The van der Waals surface area contributed by atoms with Crippen molar-refractivity contribution in [3.63, 3.8) is 0 Å². The second kappa shape index (κ2) is 6.89. The summed E-state index contributed by atoms with van der Waals surface area (Å²) in [6.45, 7) is 2.24. The maximum absolute atomic E-state index is 12.2. The maximum atomic E-state index is 12.2. The highest BCUT2D eigenvalue weighted by atomic mass is 32.1. The zero-order valence-corrected chi connectivity index (χ0v) is 13.3. The van der Waals surface area contributed by atoms with E-state index < -0.39 is 0 Å². The fraction of sp³-hybridized carbons (Fsp3) is 0.500. The number of aryl methyl sites for hydroxylation is 1. The van der Waals surface area contributed by atoms with Crippen LogP contribution in [0.1, 0.15) is 17.5 Å². The van der Waals surface area contributed by atoms with E-state index in [1.165, 1.54) is 5.56 Å². The summed E-state index contributed by atoms with van der Waals surface area (Å²) in [7, 11) is 1.87. The number of aromatic nitrogens is 3. The molecule has 0 spiro atoms. The summed E-state index contributed by atoms with van der Waals surface area (Å²) in [4.78, 5) is 14.0. The van der Waals surface area contributed by atoms with E-state index in [1.807, 2.05) is 17.0 Å². The van der Waals surface area contributed by atoms with Crippen LogP contribution < -0.4 is 5.32 Å². The maximum Gasteiger partial charge on any atom is 0.317 e. The van der Waals surface area contributed by atoms with Crippen LogP contribution in [0.3, 0.4) is 0 Å². The van der Waals surface area contributed by atoms with Gasteiger partial charge < -0.3 is 19.5 Å². The molecule has 1 aliphatic heterocycles. The van der Waals surface area contributed by atoms with Gasteiger partial charge in [-0.3, -0.25) is 0 Å². The molecule has 8 heteroatoms. The largest absolute Gasteiger partial charge is 0.366 e. The summed E-state index contributed by atoms with van der Waals surface area (Å²) in [6, 6.07) is 2.03. The van der Waals surface area contributed by atoms with Crippen LogP contribution in [0.25, 0.3) is 0 Å². The standard InChI is InChI=1S/C14H19N5O2S/c1-18-10-16-17-13(18)12-8-19(5-6-21-12)14(20)15-4-2-11-3-7-22-9-11/h3,7,9-10,12H,2,4-6,8H2,1H3,(H,15,20)/t12-/m1/s1. The van der Waals surface area contributed by atoms with E-state index in [4.69, 9.17) is 4.74 Å². The van der Waals surface area contributed by atoms with E-state index in [0.717, 1.165) is 12.2 Å². The Balaban J connectivity index is 1.51. The molecule has 1 N–H and O–H groups in total. The summed E-state index contributed by atoms with van der Waals surface area (Å²) in [5.74, 6) is 0.746. The average molecular weight is 321 g/mol. The van der Waals surface area contributed by atoms with Gasteiger partial charge in [-0.2, -0.15) is 11.3 Å². The minimum absolute atomic E-state index is 0.0503. The number of ether oxygens (including phenoxy) is 1. The number of thiophene rings is 1. The predicted octanol–water partition coefficient (Wildman–Crippen LogP) is 1.20. The molecule has 1 aliphatic rings. The molecular formula is C14H19N5O2S. The number of carbonyl (C=O) groups is 1. The van der Waals surface area contributed by atoms with Gasteiger partial charge in [-0.1, -0.05) is 0 Å². The second-order valence-corrected chi connectivity index (χ2v) is 6.00. The first-order valence-electron chi connectivity index (χ1n) is 7.23. The summed E-state index contributed by atoms with van der Waals surface area (Å²) in [5.41, 5.74) is 1.25. The molecule has 0 radical (unpaired) electrons. The Morgan fingerprint density at radius 2 is 2.50 bits per heavy atom. The van der Waals surface area contributed by atoms with Gasteiger partial charge in [-0.05, 0) is 28.8 Å². The molecule has 3 rings (SSSR count). The van der Waals surface area contributed by atoms with Gasteiger partial charge in [0.1, 0.15) is 12.4 Å². The van der Waals surface area contributed by atoms with Crippen molar-refractivity contribution >= 4 is 17.4 Å². The molecule has 118 valence electrons. The number of morpholine rings is 1. The molecule has 2 aromatic rings. The minimum atomic E-state index is -0.219.